The lowest BCUT2D eigenvalue weighted by molar-refractivity contribution is 0.890. The van der Waals surface area contributed by atoms with Crippen LogP contribution in [-0.2, 0) is 0 Å². The Balaban J connectivity index is 2.34. The van der Waals surface area contributed by atoms with E-state index in [-0.39, 0.29) is 6.04 Å². The standard InChI is InChI=1S/C9H11N2/c1-7-6-10-8-4-2-3-5-9(8)11-7/h2-5,7,10-11H,1,6H2. The second-order valence-corrected chi connectivity index (χ2v) is 2.77. The van der Waals surface area contributed by atoms with Gasteiger partial charge in [-0.25, -0.2) is 0 Å². The number of hydrogen-bond acceptors (Lipinski definition) is 2. The minimum absolute atomic E-state index is 0.282. The van der Waals surface area contributed by atoms with Crippen LogP contribution >= 0.6 is 0 Å². The molecule has 1 radical (unpaired) electrons. The Bertz CT molecular complexity index is 257. The van der Waals surface area contributed by atoms with E-state index >= 15 is 0 Å². The van der Waals surface area contributed by atoms with E-state index in [4.69, 9.17) is 0 Å². The molecule has 1 heterocycles. The van der Waals surface area contributed by atoms with E-state index in [1.54, 1.807) is 0 Å². The maximum atomic E-state index is 3.92. The Hall–Kier alpha value is -1.18. The van der Waals surface area contributed by atoms with Gasteiger partial charge in [-0.1, -0.05) is 12.1 Å². The average Bonchev–Trinajstić information content (AvgIpc) is 2.04. The van der Waals surface area contributed by atoms with Gasteiger partial charge < -0.3 is 10.6 Å². The van der Waals surface area contributed by atoms with E-state index < -0.39 is 0 Å². The summed E-state index contributed by atoms with van der Waals surface area (Å²) in [6.07, 6.45) is 0. The molecule has 1 atom stereocenters. The minimum atomic E-state index is 0.282. The zero-order valence-electron chi connectivity index (χ0n) is 6.30. The molecule has 1 aliphatic rings. The van der Waals surface area contributed by atoms with Crippen LogP contribution in [0.2, 0.25) is 0 Å². The van der Waals surface area contributed by atoms with Crippen molar-refractivity contribution in [1.82, 2.24) is 0 Å². The quantitative estimate of drug-likeness (QED) is 0.584. The zero-order valence-corrected chi connectivity index (χ0v) is 6.30. The normalized spacial score (nSPS) is 21.4. The smallest absolute Gasteiger partial charge is 0.0578 e. The third-order valence-electron chi connectivity index (χ3n) is 1.83. The van der Waals surface area contributed by atoms with Crippen molar-refractivity contribution in [1.29, 1.82) is 0 Å². The third kappa shape index (κ3) is 1.16. The molecule has 0 saturated carbocycles. The first-order valence-corrected chi connectivity index (χ1v) is 3.79. The van der Waals surface area contributed by atoms with Crippen LogP contribution in [0.15, 0.2) is 24.3 Å². The predicted octanol–water partition coefficient (Wildman–Crippen LogP) is 1.73. The Morgan fingerprint density at radius 2 is 2.00 bits per heavy atom. The van der Waals surface area contributed by atoms with E-state index in [9.17, 15) is 0 Å². The molecule has 57 valence electrons. The third-order valence-corrected chi connectivity index (χ3v) is 1.83. The highest BCUT2D eigenvalue weighted by molar-refractivity contribution is 5.71. The number of rotatable bonds is 0. The lowest BCUT2D eigenvalue weighted by Crippen LogP contribution is -2.30. The van der Waals surface area contributed by atoms with Gasteiger partial charge in [-0.3, -0.25) is 0 Å². The lowest BCUT2D eigenvalue weighted by atomic mass is 10.2. The van der Waals surface area contributed by atoms with Crippen molar-refractivity contribution in [2.24, 2.45) is 0 Å². The molecule has 0 bridgehead atoms. The minimum Gasteiger partial charge on any atom is -0.381 e. The first-order valence-electron chi connectivity index (χ1n) is 3.79. The van der Waals surface area contributed by atoms with Gasteiger partial charge in [-0.2, -0.15) is 0 Å². The molecule has 1 unspecified atom stereocenters. The summed E-state index contributed by atoms with van der Waals surface area (Å²) >= 11 is 0. The number of nitrogens with one attached hydrogen (secondary N) is 2. The predicted molar refractivity (Wildman–Crippen MR) is 47.7 cm³/mol. The molecule has 0 fully saturated rings. The number of hydrogen-bond donors (Lipinski definition) is 2. The van der Waals surface area contributed by atoms with Crippen molar-refractivity contribution in [3.8, 4) is 0 Å². The monoisotopic (exact) mass is 147 g/mol. The fraction of sp³-hybridized carbons (Fsp3) is 0.222. The largest absolute Gasteiger partial charge is 0.381 e. The molecule has 0 aromatic heterocycles. The maximum absolute atomic E-state index is 3.92. The van der Waals surface area contributed by atoms with Gasteiger partial charge in [0, 0.05) is 12.6 Å². The van der Waals surface area contributed by atoms with Gasteiger partial charge in [0.2, 0.25) is 0 Å². The van der Waals surface area contributed by atoms with Gasteiger partial charge in [0.25, 0.3) is 0 Å². The molecule has 2 nitrogen and oxygen atoms in total. The van der Waals surface area contributed by atoms with Gasteiger partial charge in [0.15, 0.2) is 0 Å². The fourth-order valence-corrected chi connectivity index (χ4v) is 1.27. The van der Waals surface area contributed by atoms with Crippen molar-refractivity contribution in [3.05, 3.63) is 31.2 Å². The average molecular weight is 147 g/mol. The SMILES string of the molecule is [CH2]C1CNc2ccccc2N1. The van der Waals surface area contributed by atoms with Crippen molar-refractivity contribution < 1.29 is 0 Å². The van der Waals surface area contributed by atoms with Crippen LogP contribution in [0.25, 0.3) is 0 Å². The first-order chi connectivity index (χ1) is 5.36. The maximum Gasteiger partial charge on any atom is 0.0578 e. The second kappa shape index (κ2) is 2.46. The molecule has 11 heavy (non-hydrogen) atoms. The Morgan fingerprint density at radius 1 is 1.27 bits per heavy atom. The highest BCUT2D eigenvalue weighted by Gasteiger charge is 2.10. The van der Waals surface area contributed by atoms with Gasteiger partial charge in [0.05, 0.1) is 11.4 Å². The summed E-state index contributed by atoms with van der Waals surface area (Å²) in [5.74, 6) is 0. The molecule has 1 aromatic rings. The molecule has 1 aromatic carbocycles. The van der Waals surface area contributed by atoms with Gasteiger partial charge in [0.1, 0.15) is 0 Å². The molecular formula is C9H11N2. The molecule has 0 saturated heterocycles. The Labute approximate surface area is 66.6 Å². The van der Waals surface area contributed by atoms with Crippen molar-refractivity contribution in [2.45, 2.75) is 6.04 Å². The van der Waals surface area contributed by atoms with Crippen molar-refractivity contribution in [2.75, 3.05) is 17.2 Å². The van der Waals surface area contributed by atoms with E-state index in [0.29, 0.717) is 0 Å². The number of benzene rings is 1. The summed E-state index contributed by atoms with van der Waals surface area (Å²) in [6.45, 7) is 4.82. The van der Waals surface area contributed by atoms with E-state index in [1.807, 2.05) is 12.1 Å². The Morgan fingerprint density at radius 3 is 2.82 bits per heavy atom. The number of anilines is 2. The molecule has 2 rings (SSSR count). The summed E-state index contributed by atoms with van der Waals surface area (Å²) < 4.78 is 0. The van der Waals surface area contributed by atoms with Crippen LogP contribution in [0.3, 0.4) is 0 Å². The number of fused-ring (bicyclic) bond motifs is 1. The molecule has 1 aliphatic heterocycles. The first kappa shape index (κ1) is 6.53. The zero-order chi connectivity index (χ0) is 7.68. The summed E-state index contributed by atoms with van der Waals surface area (Å²) in [5.41, 5.74) is 2.33. The number of para-hydroxylation sites is 2. The van der Waals surface area contributed by atoms with Gasteiger partial charge in [-0.05, 0) is 19.1 Å². The molecule has 2 heteroatoms. The summed E-state index contributed by atoms with van der Waals surface area (Å²) in [7, 11) is 0. The Kier molecular flexibility index (Phi) is 1.46. The van der Waals surface area contributed by atoms with Crippen LogP contribution in [0.4, 0.5) is 11.4 Å². The second-order valence-electron chi connectivity index (χ2n) is 2.77. The van der Waals surface area contributed by atoms with Crippen molar-refractivity contribution in [3.63, 3.8) is 0 Å². The molecule has 0 spiro atoms. The van der Waals surface area contributed by atoms with Crippen LogP contribution in [0.1, 0.15) is 0 Å². The molecule has 0 aliphatic carbocycles. The van der Waals surface area contributed by atoms with E-state index in [1.165, 1.54) is 5.69 Å². The van der Waals surface area contributed by atoms with Crippen LogP contribution < -0.4 is 10.6 Å². The van der Waals surface area contributed by atoms with Crippen LogP contribution in [0.5, 0.6) is 0 Å². The highest BCUT2D eigenvalue weighted by atomic mass is 15.1. The highest BCUT2D eigenvalue weighted by Crippen LogP contribution is 2.24. The summed E-state index contributed by atoms with van der Waals surface area (Å²) in [6, 6.07) is 8.45. The van der Waals surface area contributed by atoms with E-state index in [0.717, 1.165) is 12.2 Å². The summed E-state index contributed by atoms with van der Waals surface area (Å²) in [5, 5.41) is 6.57. The molecule has 0 amide bonds. The molecular weight excluding hydrogens is 136 g/mol. The summed E-state index contributed by atoms with van der Waals surface area (Å²) in [4.78, 5) is 0. The van der Waals surface area contributed by atoms with Gasteiger partial charge >= 0.3 is 0 Å². The molecule has 2 N–H and O–H groups in total. The topological polar surface area (TPSA) is 24.1 Å². The van der Waals surface area contributed by atoms with Gasteiger partial charge in [-0.15, -0.1) is 0 Å². The van der Waals surface area contributed by atoms with E-state index in [2.05, 4.69) is 29.7 Å². The van der Waals surface area contributed by atoms with Crippen LogP contribution in [0, 0.1) is 6.92 Å². The van der Waals surface area contributed by atoms with Crippen molar-refractivity contribution >= 4 is 11.4 Å². The lowest BCUT2D eigenvalue weighted by Gasteiger charge is -2.25. The van der Waals surface area contributed by atoms with Crippen LogP contribution in [-0.4, -0.2) is 12.6 Å². The fourth-order valence-electron chi connectivity index (χ4n) is 1.27.